The third kappa shape index (κ3) is 8.00. The number of primary amides is 1. The van der Waals surface area contributed by atoms with Crippen LogP contribution in [0, 0.1) is 6.92 Å². The Kier molecular flexibility index (Phi) is 11.0. The molecule has 12 nitrogen and oxygen atoms in total. The number of carbonyl (C=O) groups is 3. The van der Waals surface area contributed by atoms with Crippen LogP contribution in [0.3, 0.4) is 0 Å². The van der Waals surface area contributed by atoms with Gasteiger partial charge in [-0.1, -0.05) is 36.4 Å². The molecule has 4 aromatic rings. The molecule has 50 heavy (non-hydrogen) atoms. The predicted molar refractivity (Wildman–Crippen MR) is 189 cm³/mol. The second-order valence-corrected chi connectivity index (χ2v) is 13.9. The standard InChI is InChI=1S/C37H40N4O8S/c1-23-17-26(35(38)42)19-28(18-23)39-34(25-12-14-31(47-2)32(20-25)48-3)36(43)41-16-8-11-30(41)29-21-27(40-37(44)49-4)13-15-33(29)50(45,46)22-24-9-6-5-7-10-24/h5-7,9-10,12-15,17-21,30,34,39H,8,11,16,22H2,1-4H3,(H2,38,42)(H,40,44)/t30-,34+/m1/s1. The van der Waals surface area contributed by atoms with Crippen LogP contribution in [0.1, 0.15) is 57.5 Å². The van der Waals surface area contributed by atoms with Crippen molar-refractivity contribution in [3.05, 3.63) is 113 Å². The van der Waals surface area contributed by atoms with Crippen LogP contribution in [-0.4, -0.2) is 59.1 Å². The molecule has 0 aromatic heterocycles. The number of likely N-dealkylation sites (tertiary alicyclic amines) is 1. The number of amides is 3. The van der Waals surface area contributed by atoms with E-state index in [1.165, 1.54) is 33.5 Å². The molecule has 1 aliphatic heterocycles. The van der Waals surface area contributed by atoms with Gasteiger partial charge in [-0.3, -0.25) is 14.9 Å². The van der Waals surface area contributed by atoms with Crippen LogP contribution in [0.15, 0.2) is 89.8 Å². The average molecular weight is 701 g/mol. The molecule has 5 rings (SSSR count). The number of methoxy groups -OCH3 is 3. The lowest BCUT2D eigenvalue weighted by Crippen LogP contribution is -2.38. The lowest BCUT2D eigenvalue weighted by molar-refractivity contribution is -0.133. The summed E-state index contributed by atoms with van der Waals surface area (Å²) < 4.78 is 43.7. The highest BCUT2D eigenvalue weighted by atomic mass is 32.2. The average Bonchev–Trinajstić information content (AvgIpc) is 3.60. The summed E-state index contributed by atoms with van der Waals surface area (Å²) in [7, 11) is 0.329. The molecule has 0 spiro atoms. The Hall–Kier alpha value is -5.56. The number of hydrogen-bond donors (Lipinski definition) is 3. The van der Waals surface area contributed by atoms with Crippen LogP contribution < -0.4 is 25.8 Å². The minimum Gasteiger partial charge on any atom is -0.493 e. The molecular formula is C37H40N4O8S. The van der Waals surface area contributed by atoms with Crippen molar-refractivity contribution in [1.82, 2.24) is 4.90 Å². The topological polar surface area (TPSA) is 166 Å². The molecular weight excluding hydrogens is 660 g/mol. The number of nitrogens with two attached hydrogens (primary N) is 1. The summed E-state index contributed by atoms with van der Waals surface area (Å²) in [5.74, 6) is -0.345. The van der Waals surface area contributed by atoms with E-state index in [0.29, 0.717) is 59.0 Å². The van der Waals surface area contributed by atoms with Crippen molar-refractivity contribution in [1.29, 1.82) is 0 Å². The number of aryl methyl sites for hydroxylation is 1. The molecule has 0 saturated carbocycles. The highest BCUT2D eigenvalue weighted by Gasteiger charge is 2.38. The molecule has 1 fully saturated rings. The van der Waals surface area contributed by atoms with Crippen LogP contribution in [0.25, 0.3) is 0 Å². The molecule has 262 valence electrons. The normalized spacial score (nSPS) is 14.8. The minimum atomic E-state index is -3.91. The third-order valence-corrected chi connectivity index (χ3v) is 10.3. The Labute approximate surface area is 291 Å². The first-order valence-electron chi connectivity index (χ1n) is 15.9. The fourth-order valence-corrected chi connectivity index (χ4v) is 7.84. The van der Waals surface area contributed by atoms with E-state index < -0.39 is 33.9 Å². The molecule has 13 heteroatoms. The third-order valence-electron chi connectivity index (χ3n) is 8.53. The first kappa shape index (κ1) is 35.7. The van der Waals surface area contributed by atoms with Gasteiger partial charge in [-0.05, 0) is 90.6 Å². The second-order valence-electron chi connectivity index (χ2n) is 11.9. The van der Waals surface area contributed by atoms with Gasteiger partial charge in [0, 0.05) is 23.5 Å². The number of ether oxygens (including phenoxy) is 3. The van der Waals surface area contributed by atoms with Crippen molar-refractivity contribution in [2.24, 2.45) is 5.73 Å². The quantitative estimate of drug-likeness (QED) is 0.166. The van der Waals surface area contributed by atoms with Crippen molar-refractivity contribution >= 4 is 39.1 Å². The number of sulfone groups is 1. The monoisotopic (exact) mass is 700 g/mol. The number of nitrogens with one attached hydrogen (secondary N) is 2. The highest BCUT2D eigenvalue weighted by molar-refractivity contribution is 7.90. The molecule has 1 heterocycles. The molecule has 0 radical (unpaired) electrons. The van der Waals surface area contributed by atoms with E-state index in [-0.39, 0.29) is 22.1 Å². The van der Waals surface area contributed by atoms with Crippen molar-refractivity contribution in [2.45, 2.75) is 42.5 Å². The van der Waals surface area contributed by atoms with Gasteiger partial charge < -0.3 is 30.2 Å². The zero-order valence-corrected chi connectivity index (χ0v) is 29.1. The Morgan fingerprint density at radius 3 is 2.32 bits per heavy atom. The summed E-state index contributed by atoms with van der Waals surface area (Å²) in [6.07, 6.45) is 0.343. The number of anilines is 2. The van der Waals surface area contributed by atoms with E-state index in [4.69, 9.17) is 19.9 Å². The van der Waals surface area contributed by atoms with Gasteiger partial charge in [-0.2, -0.15) is 0 Å². The fraction of sp³-hybridized carbons (Fsp3) is 0.270. The Morgan fingerprint density at radius 1 is 0.900 bits per heavy atom. The minimum absolute atomic E-state index is 0.0573. The van der Waals surface area contributed by atoms with Crippen LogP contribution in [-0.2, 0) is 25.1 Å². The van der Waals surface area contributed by atoms with Crippen molar-refractivity contribution in [3.63, 3.8) is 0 Å². The van der Waals surface area contributed by atoms with Crippen molar-refractivity contribution in [3.8, 4) is 11.5 Å². The molecule has 1 saturated heterocycles. The van der Waals surface area contributed by atoms with E-state index in [0.717, 1.165) is 5.56 Å². The molecule has 1 aliphatic rings. The number of rotatable bonds is 12. The highest BCUT2D eigenvalue weighted by Crippen LogP contribution is 2.41. The zero-order chi connectivity index (χ0) is 36.0. The van der Waals surface area contributed by atoms with E-state index in [1.807, 2.05) is 13.0 Å². The zero-order valence-electron chi connectivity index (χ0n) is 28.3. The lowest BCUT2D eigenvalue weighted by atomic mass is 10.00. The summed E-state index contributed by atoms with van der Waals surface area (Å²) >= 11 is 0. The molecule has 0 aliphatic carbocycles. The molecule has 2 atom stereocenters. The SMILES string of the molecule is COC(=O)Nc1ccc(S(=O)(=O)Cc2ccccc2)c([C@H]2CCCN2C(=O)[C@@H](Nc2cc(C)cc(C(N)=O)c2)c2ccc(OC)c(OC)c2)c1. The van der Waals surface area contributed by atoms with Gasteiger partial charge in [0.1, 0.15) is 6.04 Å². The van der Waals surface area contributed by atoms with Crippen molar-refractivity contribution in [2.75, 3.05) is 38.5 Å². The van der Waals surface area contributed by atoms with Crippen LogP contribution >= 0.6 is 0 Å². The van der Waals surface area contributed by atoms with Gasteiger partial charge in [0.2, 0.25) is 11.8 Å². The van der Waals surface area contributed by atoms with Gasteiger partial charge in [0.25, 0.3) is 0 Å². The number of benzene rings is 4. The maximum absolute atomic E-state index is 14.8. The molecule has 0 unspecified atom stereocenters. The Bertz CT molecular complexity index is 2000. The van der Waals surface area contributed by atoms with E-state index in [9.17, 15) is 22.8 Å². The van der Waals surface area contributed by atoms with E-state index in [2.05, 4.69) is 10.6 Å². The van der Waals surface area contributed by atoms with Gasteiger partial charge in [-0.15, -0.1) is 0 Å². The molecule has 4 N–H and O–H groups in total. The smallest absolute Gasteiger partial charge is 0.411 e. The lowest BCUT2D eigenvalue weighted by Gasteiger charge is -2.32. The summed E-state index contributed by atoms with van der Waals surface area (Å²) in [6.45, 7) is 2.15. The van der Waals surface area contributed by atoms with E-state index >= 15 is 0 Å². The van der Waals surface area contributed by atoms with Crippen molar-refractivity contribution < 1.29 is 37.0 Å². The summed E-state index contributed by atoms with van der Waals surface area (Å²) in [4.78, 5) is 40.8. The molecule has 4 aromatic carbocycles. The number of hydrogen-bond acceptors (Lipinski definition) is 9. The fourth-order valence-electron chi connectivity index (χ4n) is 6.23. The first-order chi connectivity index (χ1) is 23.9. The Morgan fingerprint density at radius 2 is 1.64 bits per heavy atom. The van der Waals surface area contributed by atoms with Crippen LogP contribution in [0.2, 0.25) is 0 Å². The number of nitrogens with zero attached hydrogens (tertiary/aromatic N) is 1. The van der Waals surface area contributed by atoms with E-state index in [1.54, 1.807) is 71.6 Å². The predicted octanol–water partition coefficient (Wildman–Crippen LogP) is 5.78. The largest absolute Gasteiger partial charge is 0.493 e. The molecule has 0 bridgehead atoms. The maximum atomic E-state index is 14.8. The summed E-state index contributed by atoms with van der Waals surface area (Å²) in [5.41, 5.74) is 8.95. The first-order valence-corrected chi connectivity index (χ1v) is 17.5. The van der Waals surface area contributed by atoms with Gasteiger partial charge >= 0.3 is 6.09 Å². The Balaban J connectivity index is 1.60. The van der Waals surface area contributed by atoms with Crippen LogP contribution in [0.5, 0.6) is 11.5 Å². The molecule has 3 amide bonds. The van der Waals surface area contributed by atoms with Gasteiger partial charge in [0.05, 0.1) is 38.0 Å². The van der Waals surface area contributed by atoms with Gasteiger partial charge in [0.15, 0.2) is 21.3 Å². The summed E-state index contributed by atoms with van der Waals surface area (Å²) in [6, 6.07) is 21.9. The summed E-state index contributed by atoms with van der Waals surface area (Å²) in [5, 5.41) is 5.92. The maximum Gasteiger partial charge on any atom is 0.411 e. The second kappa shape index (κ2) is 15.3. The number of carbonyl (C=O) groups excluding carboxylic acids is 3. The van der Waals surface area contributed by atoms with Gasteiger partial charge in [-0.25, -0.2) is 13.2 Å². The van der Waals surface area contributed by atoms with Crippen LogP contribution in [0.4, 0.5) is 16.2 Å².